The van der Waals surface area contributed by atoms with E-state index in [9.17, 15) is 4.79 Å². The van der Waals surface area contributed by atoms with Crippen molar-refractivity contribution in [3.8, 4) is 0 Å². The minimum absolute atomic E-state index is 0.0431. The molecule has 118 valence electrons. The molecule has 1 N–H and O–H groups in total. The van der Waals surface area contributed by atoms with Crippen LogP contribution in [0.25, 0.3) is 0 Å². The molecule has 0 radical (unpaired) electrons. The van der Waals surface area contributed by atoms with Crippen LogP contribution in [0.4, 0.5) is 5.69 Å². The van der Waals surface area contributed by atoms with E-state index in [1.165, 1.54) is 7.11 Å². The molecule has 3 heteroatoms. The van der Waals surface area contributed by atoms with Crippen LogP contribution in [-0.4, -0.2) is 18.6 Å². The van der Waals surface area contributed by atoms with Gasteiger partial charge in [-0.15, -0.1) is 0 Å². The molecular weight excluding hydrogens is 262 g/mol. The Morgan fingerprint density at radius 3 is 2.00 bits per heavy atom. The Labute approximate surface area is 129 Å². The van der Waals surface area contributed by atoms with Crippen LogP contribution in [0.1, 0.15) is 47.1 Å². The largest absolute Gasteiger partial charge is 0.469 e. The lowest BCUT2D eigenvalue weighted by Gasteiger charge is -2.28. The van der Waals surface area contributed by atoms with Crippen molar-refractivity contribution in [1.29, 1.82) is 0 Å². The third-order valence-electron chi connectivity index (χ3n) is 3.44. The lowest BCUT2D eigenvalue weighted by Crippen LogP contribution is -2.31. The van der Waals surface area contributed by atoms with Crippen LogP contribution in [-0.2, 0) is 16.0 Å². The number of carbonyl (C=O) groups is 1. The lowest BCUT2D eigenvalue weighted by molar-refractivity contribution is -0.149. The van der Waals surface area contributed by atoms with Crippen molar-refractivity contribution >= 4 is 11.7 Å². The monoisotopic (exact) mass is 291 g/mol. The number of rotatable bonds is 4. The van der Waals surface area contributed by atoms with E-state index in [0.717, 1.165) is 11.3 Å². The molecule has 1 aromatic rings. The van der Waals surface area contributed by atoms with Crippen molar-refractivity contribution in [3.63, 3.8) is 0 Å². The lowest BCUT2D eigenvalue weighted by atomic mass is 9.77. The third kappa shape index (κ3) is 5.78. The van der Waals surface area contributed by atoms with Gasteiger partial charge in [-0.25, -0.2) is 0 Å². The highest BCUT2D eigenvalue weighted by atomic mass is 16.5. The third-order valence-corrected chi connectivity index (χ3v) is 3.44. The van der Waals surface area contributed by atoms with Crippen molar-refractivity contribution in [2.45, 2.75) is 53.5 Å². The molecular formula is C18H29NO2. The van der Waals surface area contributed by atoms with Crippen molar-refractivity contribution in [2.24, 2.45) is 11.3 Å². The van der Waals surface area contributed by atoms with E-state index >= 15 is 0 Å². The molecule has 1 aromatic carbocycles. The maximum atomic E-state index is 12.0. The Kier molecular flexibility index (Phi) is 5.43. The summed E-state index contributed by atoms with van der Waals surface area (Å²) in [6, 6.07) is 8.29. The zero-order valence-electron chi connectivity index (χ0n) is 14.4. The highest BCUT2D eigenvalue weighted by Gasteiger charge is 2.32. The molecule has 0 aromatic heterocycles. The molecule has 21 heavy (non-hydrogen) atoms. The van der Waals surface area contributed by atoms with Gasteiger partial charge in [0.2, 0.25) is 0 Å². The van der Waals surface area contributed by atoms with E-state index in [2.05, 4.69) is 71.1 Å². The predicted octanol–water partition coefficient (Wildman–Crippen LogP) is 4.27. The second-order valence-electron chi connectivity index (χ2n) is 7.72. The number of esters is 1. The second-order valence-corrected chi connectivity index (χ2v) is 7.72. The number of ether oxygens (including phenoxy) is 1. The molecule has 0 aliphatic rings. The second kappa shape index (κ2) is 6.50. The van der Waals surface area contributed by atoms with Crippen LogP contribution in [0, 0.1) is 11.3 Å². The Hall–Kier alpha value is -1.51. The van der Waals surface area contributed by atoms with Gasteiger partial charge in [0.1, 0.15) is 0 Å². The first-order valence-corrected chi connectivity index (χ1v) is 7.48. The van der Waals surface area contributed by atoms with Crippen LogP contribution in [0.2, 0.25) is 0 Å². The maximum Gasteiger partial charge on any atom is 0.309 e. The fraction of sp³-hybridized carbons (Fsp3) is 0.611. The summed E-state index contributed by atoms with van der Waals surface area (Å²) in [5, 5.41) is 3.43. The van der Waals surface area contributed by atoms with Gasteiger partial charge in [-0.1, -0.05) is 32.9 Å². The summed E-state index contributed by atoms with van der Waals surface area (Å²) in [6.45, 7) is 12.6. The van der Waals surface area contributed by atoms with E-state index < -0.39 is 0 Å². The molecule has 0 heterocycles. The first kappa shape index (κ1) is 17.5. The number of hydrogen-bond donors (Lipinski definition) is 1. The average molecular weight is 291 g/mol. The van der Waals surface area contributed by atoms with Gasteiger partial charge in [0.05, 0.1) is 13.0 Å². The maximum absolute atomic E-state index is 12.0. The number of benzene rings is 1. The Balaban J connectivity index is 2.84. The summed E-state index contributed by atoms with van der Waals surface area (Å²) in [6.07, 6.45) is 0.700. The Morgan fingerprint density at radius 2 is 1.62 bits per heavy atom. The summed E-state index contributed by atoms with van der Waals surface area (Å²) in [5.74, 6) is -0.275. The molecule has 0 saturated heterocycles. The molecule has 0 saturated carbocycles. The molecule has 0 spiro atoms. The highest BCUT2D eigenvalue weighted by molar-refractivity contribution is 5.73. The fourth-order valence-corrected chi connectivity index (χ4v) is 2.28. The number of nitrogens with one attached hydrogen (secondary N) is 1. The molecule has 3 nitrogen and oxygen atoms in total. The number of carbonyl (C=O) groups excluding carboxylic acids is 1. The Morgan fingerprint density at radius 1 is 1.10 bits per heavy atom. The first-order chi connectivity index (χ1) is 9.53. The molecule has 1 rings (SSSR count). The molecule has 1 atom stereocenters. The van der Waals surface area contributed by atoms with Gasteiger partial charge in [0.15, 0.2) is 0 Å². The van der Waals surface area contributed by atoms with Gasteiger partial charge in [-0.05, 0) is 50.3 Å². The first-order valence-electron chi connectivity index (χ1n) is 7.48. The van der Waals surface area contributed by atoms with Gasteiger partial charge in [-0.2, -0.15) is 0 Å². The summed E-state index contributed by atoms with van der Waals surface area (Å²) < 4.78 is 4.95. The normalized spacial score (nSPS) is 13.7. The van der Waals surface area contributed by atoms with Crippen LogP contribution >= 0.6 is 0 Å². The summed E-state index contributed by atoms with van der Waals surface area (Å²) >= 11 is 0. The van der Waals surface area contributed by atoms with Crippen molar-refractivity contribution in [2.75, 3.05) is 12.4 Å². The molecule has 0 bridgehead atoms. The van der Waals surface area contributed by atoms with Crippen molar-refractivity contribution in [1.82, 2.24) is 0 Å². The standard InChI is InChI=1S/C18H29NO2/c1-17(2,3)15(16(20)21-7)12-13-8-10-14(11-9-13)19-18(4,5)6/h8-11,15,19H,12H2,1-7H3. The van der Waals surface area contributed by atoms with Gasteiger partial charge < -0.3 is 10.1 Å². The van der Waals surface area contributed by atoms with E-state index in [-0.39, 0.29) is 22.8 Å². The fourth-order valence-electron chi connectivity index (χ4n) is 2.28. The van der Waals surface area contributed by atoms with Crippen LogP contribution in [0.3, 0.4) is 0 Å². The van der Waals surface area contributed by atoms with Crippen LogP contribution in [0.5, 0.6) is 0 Å². The van der Waals surface area contributed by atoms with E-state index in [0.29, 0.717) is 6.42 Å². The van der Waals surface area contributed by atoms with E-state index in [4.69, 9.17) is 4.74 Å². The van der Waals surface area contributed by atoms with Gasteiger partial charge in [-0.3, -0.25) is 4.79 Å². The quantitative estimate of drug-likeness (QED) is 0.842. The van der Waals surface area contributed by atoms with Crippen molar-refractivity contribution < 1.29 is 9.53 Å². The molecule has 0 aliphatic heterocycles. The highest BCUT2D eigenvalue weighted by Crippen LogP contribution is 2.30. The molecule has 0 aliphatic carbocycles. The predicted molar refractivity (Wildman–Crippen MR) is 88.5 cm³/mol. The summed E-state index contributed by atoms with van der Waals surface area (Å²) in [4.78, 5) is 12.0. The summed E-state index contributed by atoms with van der Waals surface area (Å²) in [7, 11) is 1.46. The SMILES string of the molecule is COC(=O)C(Cc1ccc(NC(C)(C)C)cc1)C(C)(C)C. The minimum atomic E-state index is -0.139. The van der Waals surface area contributed by atoms with Gasteiger partial charge in [0, 0.05) is 11.2 Å². The summed E-state index contributed by atoms with van der Waals surface area (Å²) in [5.41, 5.74) is 2.17. The number of hydrogen-bond acceptors (Lipinski definition) is 3. The molecule has 0 amide bonds. The average Bonchev–Trinajstić information content (AvgIpc) is 2.33. The van der Waals surface area contributed by atoms with E-state index in [1.807, 2.05) is 0 Å². The van der Waals surface area contributed by atoms with E-state index in [1.54, 1.807) is 0 Å². The smallest absolute Gasteiger partial charge is 0.309 e. The van der Waals surface area contributed by atoms with Gasteiger partial charge in [0.25, 0.3) is 0 Å². The Bertz CT molecular complexity index is 463. The van der Waals surface area contributed by atoms with Gasteiger partial charge >= 0.3 is 5.97 Å². The molecule has 0 fully saturated rings. The number of anilines is 1. The number of methoxy groups -OCH3 is 1. The van der Waals surface area contributed by atoms with Crippen LogP contribution in [0.15, 0.2) is 24.3 Å². The zero-order valence-corrected chi connectivity index (χ0v) is 14.4. The minimum Gasteiger partial charge on any atom is -0.469 e. The zero-order chi connectivity index (χ0) is 16.3. The van der Waals surface area contributed by atoms with Crippen LogP contribution < -0.4 is 5.32 Å². The topological polar surface area (TPSA) is 38.3 Å². The van der Waals surface area contributed by atoms with Crippen molar-refractivity contribution in [3.05, 3.63) is 29.8 Å². The molecule has 1 unspecified atom stereocenters.